The Morgan fingerprint density at radius 3 is 1.60 bits per heavy atom. The predicted molar refractivity (Wildman–Crippen MR) is 364 cm³/mol. The highest BCUT2D eigenvalue weighted by atomic mass is 35.5. The molecule has 0 saturated carbocycles. The van der Waals surface area contributed by atoms with Crippen LogP contribution < -0.4 is 5.56 Å². The summed E-state index contributed by atoms with van der Waals surface area (Å²) in [5, 5.41) is 26.2. The monoisotopic (exact) mass is 1220 g/mol. The summed E-state index contributed by atoms with van der Waals surface area (Å²) in [5.41, 5.74) is 10.9. The lowest BCUT2D eigenvalue weighted by Crippen LogP contribution is -2.03. The molecule has 15 heteroatoms. The molecular formula is C75H83ClN10O4. The first-order valence-corrected chi connectivity index (χ1v) is 30.2. The summed E-state index contributed by atoms with van der Waals surface area (Å²) < 4.78 is 0. The van der Waals surface area contributed by atoms with Gasteiger partial charge in [0.2, 0.25) is 5.56 Å². The number of fused-ring (bicyclic) bond motifs is 1. The average molecular weight is 1220 g/mol. The van der Waals surface area contributed by atoms with Crippen LogP contribution in [0.4, 0.5) is 0 Å². The number of aryl methyl sites for hydroxylation is 2. The van der Waals surface area contributed by atoms with Gasteiger partial charge in [0, 0.05) is 136 Å². The van der Waals surface area contributed by atoms with Gasteiger partial charge in [-0.05, 0) is 193 Å². The lowest BCUT2D eigenvalue weighted by Gasteiger charge is -2.17. The number of aromatic amines is 1. The molecule has 0 spiro atoms. The Kier molecular flexibility index (Phi) is 38.7. The van der Waals surface area contributed by atoms with E-state index in [2.05, 4.69) is 125 Å². The van der Waals surface area contributed by atoms with Gasteiger partial charge in [0.1, 0.15) is 5.75 Å². The predicted octanol–water partition coefficient (Wildman–Crippen LogP) is 15.6. The fourth-order valence-corrected chi connectivity index (χ4v) is 8.17. The van der Waals surface area contributed by atoms with Crippen molar-refractivity contribution in [1.82, 2.24) is 49.8 Å². The molecule has 2 aliphatic rings. The first-order chi connectivity index (χ1) is 44.2. The van der Waals surface area contributed by atoms with Crippen LogP contribution in [0.1, 0.15) is 108 Å². The Morgan fingerprint density at radius 1 is 0.567 bits per heavy atom. The second-order valence-electron chi connectivity index (χ2n) is 19.9. The largest absolute Gasteiger partial charge is 0.506 e. The number of nitrogens with one attached hydrogen (secondary N) is 1. The Morgan fingerprint density at radius 2 is 1.16 bits per heavy atom. The SMILES string of the molecule is C1=CCC(c2ccncc2)CC1.C=Cc1ccncc1.CC(C)c1ccncc1.Clc1cccnc1.O=c1cccc[nH]1.OCCc1ccccn1.OCc1cccnc1.Oc1cccnc1.c1ccc(Cc2ccccn2)cc1.c1cnc2c(c1)CCCC2. The number of aromatic hydroxyl groups is 1. The highest BCUT2D eigenvalue weighted by Gasteiger charge is 2.11. The highest BCUT2D eigenvalue weighted by molar-refractivity contribution is 6.30. The quantitative estimate of drug-likeness (QED) is 0.105. The number of rotatable bonds is 8. The standard InChI is InChI=1S/C12H11N.C11H13N.C9H11N.C8H11N.C7H9NO.C7H7N.C6H7NO.C5H4ClN.2C5H5NO/c1-2-6-11(7-3-1)10-12-8-4-5-9-13-12;1-2-4-10(5-3-1)11-6-8-12-9-7-11;1-2-6-9-8(4-1)5-3-7-10-9;1-7(2)8-3-5-9-6-4-8;9-6-4-7-3-1-2-5-8-7;1-2-7-3-5-8-6-4-7;8-5-6-2-1-3-7-4-6;6-5-2-1-3-7-4-5;7-5-2-1-3-6-4-5;7-5-3-1-2-4-6-5/h1-9H,10H2;1-2,6-10H,3-5H2;3,5,7H,1-2,4,6H2;3-7H,1-2H3;1-3,5,9H,4,6H2;2-6H,1H2;1-4,8H,5H2;1-4H;1-4,7H;1-4H,(H,6,7). The van der Waals surface area contributed by atoms with Crippen molar-refractivity contribution >= 4 is 17.7 Å². The molecule has 10 aromatic heterocycles. The minimum absolute atomic E-state index is 0.0532. The molecule has 10 heterocycles. The van der Waals surface area contributed by atoms with Crippen LogP contribution in [0.5, 0.6) is 5.75 Å². The molecule has 464 valence electrons. The molecule has 0 amide bonds. The summed E-state index contributed by atoms with van der Waals surface area (Å²) in [6.45, 7) is 8.21. The summed E-state index contributed by atoms with van der Waals surface area (Å²) >= 11 is 5.48. The van der Waals surface area contributed by atoms with Crippen LogP contribution in [0.15, 0.2) is 293 Å². The van der Waals surface area contributed by atoms with Crippen molar-refractivity contribution in [2.24, 2.45) is 0 Å². The Labute approximate surface area is 536 Å². The van der Waals surface area contributed by atoms with E-state index in [9.17, 15) is 4.79 Å². The molecule has 0 aliphatic heterocycles. The number of hydrogen-bond acceptors (Lipinski definition) is 13. The van der Waals surface area contributed by atoms with Crippen molar-refractivity contribution in [3.63, 3.8) is 0 Å². The smallest absolute Gasteiger partial charge is 0.247 e. The van der Waals surface area contributed by atoms with Crippen LogP contribution in [0.3, 0.4) is 0 Å². The van der Waals surface area contributed by atoms with Crippen LogP contribution in [0, 0.1) is 0 Å². The van der Waals surface area contributed by atoms with Gasteiger partial charge in [-0.1, -0.05) is 111 Å². The first kappa shape index (κ1) is 72.5. The lowest BCUT2D eigenvalue weighted by atomic mass is 9.88. The molecule has 1 aromatic carbocycles. The number of hydrogen-bond donors (Lipinski definition) is 4. The molecule has 0 fully saturated rings. The number of aliphatic hydroxyl groups excluding tert-OH is 2. The fourth-order valence-electron chi connectivity index (χ4n) is 8.04. The number of nitrogens with zero attached hydrogens (tertiary/aromatic N) is 9. The van der Waals surface area contributed by atoms with Crippen molar-refractivity contribution in [3.8, 4) is 5.75 Å². The van der Waals surface area contributed by atoms with E-state index >= 15 is 0 Å². The minimum Gasteiger partial charge on any atom is -0.506 e. The Hall–Kier alpha value is -9.99. The van der Waals surface area contributed by atoms with Crippen molar-refractivity contribution in [3.05, 3.63) is 354 Å². The van der Waals surface area contributed by atoms with Crippen molar-refractivity contribution < 1.29 is 15.3 Å². The number of benzene rings is 1. The molecule has 13 rings (SSSR count). The van der Waals surface area contributed by atoms with E-state index in [4.69, 9.17) is 26.9 Å². The van der Waals surface area contributed by atoms with Crippen LogP contribution in [0.25, 0.3) is 6.08 Å². The number of pyridine rings is 10. The third kappa shape index (κ3) is 35.0. The number of halogens is 1. The first-order valence-electron chi connectivity index (χ1n) is 29.8. The van der Waals surface area contributed by atoms with E-state index in [1.165, 1.54) is 85.2 Å². The lowest BCUT2D eigenvalue weighted by molar-refractivity contribution is 0.281. The van der Waals surface area contributed by atoms with Gasteiger partial charge in [-0.2, -0.15) is 0 Å². The highest BCUT2D eigenvalue weighted by Crippen LogP contribution is 2.28. The van der Waals surface area contributed by atoms with E-state index in [0.29, 0.717) is 17.4 Å². The van der Waals surface area contributed by atoms with Gasteiger partial charge in [0.25, 0.3) is 0 Å². The van der Waals surface area contributed by atoms with Crippen LogP contribution in [0.2, 0.25) is 5.02 Å². The molecular weight excluding hydrogens is 1140 g/mol. The molecule has 4 N–H and O–H groups in total. The van der Waals surface area contributed by atoms with Crippen LogP contribution in [-0.4, -0.2) is 71.8 Å². The molecule has 90 heavy (non-hydrogen) atoms. The Bertz CT molecular complexity index is 3420. The molecule has 0 saturated heterocycles. The summed E-state index contributed by atoms with van der Waals surface area (Å²) in [5.74, 6) is 1.56. The van der Waals surface area contributed by atoms with Crippen molar-refractivity contribution in [1.29, 1.82) is 0 Å². The van der Waals surface area contributed by atoms with Gasteiger partial charge >= 0.3 is 0 Å². The zero-order valence-corrected chi connectivity index (χ0v) is 52.2. The maximum absolute atomic E-state index is 10.2. The van der Waals surface area contributed by atoms with Crippen molar-refractivity contribution in [2.45, 2.75) is 90.1 Å². The van der Waals surface area contributed by atoms with Gasteiger partial charge < -0.3 is 20.3 Å². The number of aromatic nitrogens is 10. The summed E-state index contributed by atoms with van der Waals surface area (Å²) in [7, 11) is 0. The molecule has 11 aromatic rings. The van der Waals surface area contributed by atoms with Crippen LogP contribution in [-0.2, 0) is 32.3 Å². The average Bonchev–Trinajstić information content (AvgIpc) is 3.78. The van der Waals surface area contributed by atoms with Gasteiger partial charge in [-0.25, -0.2) is 0 Å². The third-order valence-corrected chi connectivity index (χ3v) is 13.0. The second kappa shape index (κ2) is 48.1. The van der Waals surface area contributed by atoms with Gasteiger partial charge in [0.15, 0.2) is 0 Å². The molecule has 0 radical (unpaired) electrons. The third-order valence-electron chi connectivity index (χ3n) is 12.8. The molecule has 14 nitrogen and oxygen atoms in total. The topological polar surface area (TPSA) is 210 Å². The number of H-pyrrole nitrogens is 1. The molecule has 1 unspecified atom stereocenters. The molecule has 1 atom stereocenters. The van der Waals surface area contributed by atoms with E-state index < -0.39 is 0 Å². The van der Waals surface area contributed by atoms with Crippen molar-refractivity contribution in [2.75, 3.05) is 6.61 Å². The fraction of sp³-hybridized carbons (Fsp3) is 0.200. The van der Waals surface area contributed by atoms with Gasteiger partial charge in [-0.15, -0.1) is 0 Å². The van der Waals surface area contributed by atoms with E-state index in [1.807, 2.05) is 116 Å². The zero-order valence-electron chi connectivity index (χ0n) is 51.4. The normalized spacial score (nSPS) is 11.8. The summed E-state index contributed by atoms with van der Waals surface area (Å²) in [6.07, 6.45) is 44.3. The summed E-state index contributed by atoms with van der Waals surface area (Å²) in [4.78, 5) is 48.3. The van der Waals surface area contributed by atoms with E-state index in [-0.39, 0.29) is 24.5 Å². The van der Waals surface area contributed by atoms with E-state index in [1.54, 1.807) is 104 Å². The maximum Gasteiger partial charge on any atom is 0.247 e. The van der Waals surface area contributed by atoms with Crippen LogP contribution >= 0.6 is 11.6 Å². The molecule has 2 aliphatic carbocycles. The van der Waals surface area contributed by atoms with Gasteiger partial charge in [0.05, 0.1) is 17.8 Å². The number of allylic oxidation sites excluding steroid dienone is 2. The van der Waals surface area contributed by atoms with Gasteiger partial charge in [-0.3, -0.25) is 49.7 Å². The maximum atomic E-state index is 10.2. The number of aliphatic hydroxyl groups is 2. The molecule has 0 bridgehead atoms. The Balaban J connectivity index is 0.000000215. The minimum atomic E-state index is -0.0532. The second-order valence-corrected chi connectivity index (χ2v) is 20.3. The zero-order chi connectivity index (χ0) is 64.2. The van der Waals surface area contributed by atoms with E-state index in [0.717, 1.165) is 34.9 Å². The summed E-state index contributed by atoms with van der Waals surface area (Å²) in [6, 6.07) is 53.8.